The number of para-hydroxylation sites is 1. The second kappa shape index (κ2) is 10.2. The van der Waals surface area contributed by atoms with E-state index in [4.69, 9.17) is 9.47 Å². The van der Waals surface area contributed by atoms with E-state index in [-0.39, 0.29) is 16.4 Å². The number of amides is 2. The minimum Gasteiger partial charge on any atom is -0.492 e. The maximum atomic E-state index is 11.7. The number of imide groups is 1. The molecule has 32 heavy (non-hydrogen) atoms. The van der Waals surface area contributed by atoms with Crippen molar-refractivity contribution in [2.75, 3.05) is 25.1 Å². The molecule has 4 rings (SSSR count). The molecule has 0 bridgehead atoms. The number of benzene rings is 2. The molecule has 0 aliphatic carbocycles. The average molecular weight is 450 g/mol. The first-order chi connectivity index (χ1) is 15.6. The topological polar surface area (TPSA) is 80.8 Å². The van der Waals surface area contributed by atoms with Crippen LogP contribution in [0.4, 0.5) is 10.6 Å². The van der Waals surface area contributed by atoms with Crippen LogP contribution in [0.25, 0.3) is 0 Å². The van der Waals surface area contributed by atoms with Crippen LogP contribution in [0.1, 0.15) is 5.56 Å². The van der Waals surface area contributed by atoms with Crippen LogP contribution < -0.4 is 19.7 Å². The lowest BCUT2D eigenvalue weighted by molar-refractivity contribution is -0.118. The average Bonchev–Trinajstić information content (AvgIpc) is 3.12. The van der Waals surface area contributed by atoms with Gasteiger partial charge in [-0.2, -0.15) is 0 Å². The van der Waals surface area contributed by atoms with E-state index in [0.717, 1.165) is 34.6 Å². The van der Waals surface area contributed by atoms with Crippen molar-refractivity contribution in [2.45, 2.75) is 11.7 Å². The maximum Gasteiger partial charge on any atom is 0.286 e. The van der Waals surface area contributed by atoms with Crippen LogP contribution in [0, 0.1) is 0 Å². The van der Waals surface area contributed by atoms with Gasteiger partial charge in [-0.3, -0.25) is 14.9 Å². The molecule has 7 nitrogen and oxygen atoms in total. The number of carbonyl (C=O) groups is 2. The smallest absolute Gasteiger partial charge is 0.286 e. The molecule has 1 saturated heterocycles. The Bertz CT molecular complexity index is 1080. The molecular weight excluding hydrogens is 426 g/mol. The van der Waals surface area contributed by atoms with Gasteiger partial charge in [0.05, 0.1) is 11.8 Å². The lowest BCUT2D eigenvalue weighted by atomic mass is 10.1. The standard InChI is InChI=1S/C24H23N3O4S/c1-27(22-20(8-5-13-25-22)31-19-6-3-2-4-7-19)14-15-30-18-11-9-17(10-12-18)16-21-23(28)26-24(29)32-21/h2-13,21H,14-16H2,1H3,(H,26,28,29). The van der Waals surface area contributed by atoms with E-state index in [1.807, 2.05) is 78.7 Å². The van der Waals surface area contributed by atoms with Gasteiger partial charge in [-0.25, -0.2) is 4.98 Å². The number of hydrogen-bond donors (Lipinski definition) is 1. The number of hydrogen-bond acceptors (Lipinski definition) is 7. The molecular formula is C24H23N3O4S. The molecule has 2 aromatic carbocycles. The van der Waals surface area contributed by atoms with Crippen LogP contribution in [-0.2, 0) is 11.2 Å². The first-order valence-electron chi connectivity index (χ1n) is 10.2. The number of carbonyl (C=O) groups excluding carboxylic acids is 2. The Kier molecular flexibility index (Phi) is 6.91. The summed E-state index contributed by atoms with van der Waals surface area (Å²) in [6.45, 7) is 1.08. The molecule has 1 unspecified atom stereocenters. The maximum absolute atomic E-state index is 11.7. The highest BCUT2D eigenvalue weighted by atomic mass is 32.2. The number of likely N-dealkylation sites (N-methyl/N-ethyl adjacent to an activating group) is 1. The van der Waals surface area contributed by atoms with E-state index >= 15 is 0 Å². The van der Waals surface area contributed by atoms with Crippen molar-refractivity contribution in [3.05, 3.63) is 78.5 Å². The minimum atomic E-state index is -0.367. The predicted octanol–water partition coefficient (Wildman–Crippen LogP) is 4.28. The Morgan fingerprint density at radius 3 is 2.50 bits per heavy atom. The fraction of sp³-hybridized carbons (Fsp3) is 0.208. The van der Waals surface area contributed by atoms with Gasteiger partial charge in [0.1, 0.15) is 18.1 Å². The van der Waals surface area contributed by atoms with Gasteiger partial charge in [0.2, 0.25) is 5.91 Å². The molecule has 0 spiro atoms. The Labute approximate surface area is 190 Å². The van der Waals surface area contributed by atoms with Crippen molar-refractivity contribution in [3.63, 3.8) is 0 Å². The van der Waals surface area contributed by atoms with Gasteiger partial charge in [0.15, 0.2) is 11.6 Å². The van der Waals surface area contributed by atoms with E-state index in [2.05, 4.69) is 10.3 Å². The van der Waals surface area contributed by atoms with Crippen LogP contribution in [0.15, 0.2) is 72.9 Å². The largest absolute Gasteiger partial charge is 0.492 e. The second-order valence-electron chi connectivity index (χ2n) is 7.24. The lowest BCUT2D eigenvalue weighted by Gasteiger charge is -2.21. The summed E-state index contributed by atoms with van der Waals surface area (Å²) in [5.74, 6) is 2.68. The monoisotopic (exact) mass is 449 g/mol. The molecule has 1 atom stereocenters. The molecule has 3 aromatic rings. The van der Waals surface area contributed by atoms with Crippen molar-refractivity contribution in [3.8, 4) is 17.2 Å². The molecule has 2 amide bonds. The van der Waals surface area contributed by atoms with Gasteiger partial charge < -0.3 is 14.4 Å². The number of ether oxygens (including phenoxy) is 2. The van der Waals surface area contributed by atoms with Crippen molar-refractivity contribution in [1.29, 1.82) is 0 Å². The Morgan fingerprint density at radius 2 is 1.78 bits per heavy atom. The summed E-state index contributed by atoms with van der Waals surface area (Å²) in [6, 6.07) is 20.9. The highest BCUT2D eigenvalue weighted by molar-refractivity contribution is 8.15. The first kappa shape index (κ1) is 21.7. The summed E-state index contributed by atoms with van der Waals surface area (Å²) in [4.78, 5) is 29.4. The third-order valence-electron chi connectivity index (χ3n) is 4.89. The number of nitrogens with one attached hydrogen (secondary N) is 1. The third kappa shape index (κ3) is 5.59. The highest BCUT2D eigenvalue weighted by Crippen LogP contribution is 2.29. The van der Waals surface area contributed by atoms with Crippen LogP contribution in [0.5, 0.6) is 17.2 Å². The number of rotatable bonds is 9. The fourth-order valence-electron chi connectivity index (χ4n) is 3.23. The van der Waals surface area contributed by atoms with Gasteiger partial charge in [-0.05, 0) is 48.4 Å². The molecule has 0 radical (unpaired) electrons. The molecule has 1 aliphatic heterocycles. The lowest BCUT2D eigenvalue weighted by Crippen LogP contribution is -2.25. The van der Waals surface area contributed by atoms with Crippen LogP contribution in [0.2, 0.25) is 0 Å². The van der Waals surface area contributed by atoms with E-state index in [9.17, 15) is 9.59 Å². The normalized spacial score (nSPS) is 15.3. The predicted molar refractivity (Wildman–Crippen MR) is 125 cm³/mol. The molecule has 2 heterocycles. The SMILES string of the molecule is CN(CCOc1ccc(CC2SC(=O)NC2=O)cc1)c1ncccc1Oc1ccccc1. The van der Waals surface area contributed by atoms with Crippen molar-refractivity contribution in [1.82, 2.24) is 10.3 Å². The third-order valence-corrected chi connectivity index (χ3v) is 5.87. The van der Waals surface area contributed by atoms with E-state index in [1.165, 1.54) is 0 Å². The zero-order chi connectivity index (χ0) is 22.3. The van der Waals surface area contributed by atoms with Crippen molar-refractivity contribution in [2.24, 2.45) is 0 Å². The van der Waals surface area contributed by atoms with Gasteiger partial charge >= 0.3 is 0 Å². The quantitative estimate of drug-likeness (QED) is 0.522. The zero-order valence-electron chi connectivity index (χ0n) is 17.6. The summed E-state index contributed by atoms with van der Waals surface area (Å²) in [5.41, 5.74) is 0.980. The van der Waals surface area contributed by atoms with Crippen LogP contribution in [-0.4, -0.2) is 41.6 Å². The van der Waals surface area contributed by atoms with Gasteiger partial charge in [-0.15, -0.1) is 0 Å². The summed E-state index contributed by atoms with van der Waals surface area (Å²) in [6.07, 6.45) is 2.24. The number of anilines is 1. The highest BCUT2D eigenvalue weighted by Gasteiger charge is 2.31. The first-order valence-corrected chi connectivity index (χ1v) is 11.1. The van der Waals surface area contributed by atoms with Crippen LogP contribution >= 0.6 is 11.8 Å². The fourth-order valence-corrected chi connectivity index (χ4v) is 4.09. The number of thioether (sulfide) groups is 1. The summed E-state index contributed by atoms with van der Waals surface area (Å²) in [7, 11) is 1.94. The Morgan fingerprint density at radius 1 is 1.00 bits per heavy atom. The van der Waals surface area contributed by atoms with E-state index < -0.39 is 0 Å². The van der Waals surface area contributed by atoms with Crippen molar-refractivity contribution < 1.29 is 19.1 Å². The van der Waals surface area contributed by atoms with Crippen molar-refractivity contribution >= 4 is 28.7 Å². The summed E-state index contributed by atoms with van der Waals surface area (Å²) >= 11 is 1.04. The molecule has 1 aliphatic rings. The molecule has 1 fully saturated rings. The number of aromatic nitrogens is 1. The Balaban J connectivity index is 1.29. The molecule has 164 valence electrons. The van der Waals surface area contributed by atoms with Gasteiger partial charge in [-0.1, -0.05) is 42.1 Å². The summed E-state index contributed by atoms with van der Waals surface area (Å²) < 4.78 is 11.9. The van der Waals surface area contributed by atoms with Crippen LogP contribution in [0.3, 0.4) is 0 Å². The zero-order valence-corrected chi connectivity index (χ0v) is 18.4. The van der Waals surface area contributed by atoms with Gasteiger partial charge in [0.25, 0.3) is 5.24 Å². The Hall–Kier alpha value is -3.52. The molecule has 0 saturated carbocycles. The van der Waals surface area contributed by atoms with E-state index in [1.54, 1.807) is 6.20 Å². The molecule has 1 N–H and O–H groups in total. The minimum absolute atomic E-state index is 0.228. The molecule has 1 aromatic heterocycles. The summed E-state index contributed by atoms with van der Waals surface area (Å²) in [5, 5.41) is 1.66. The van der Waals surface area contributed by atoms with Gasteiger partial charge in [0, 0.05) is 13.2 Å². The number of pyridine rings is 1. The second-order valence-corrected chi connectivity index (χ2v) is 8.42. The number of nitrogens with zero attached hydrogens (tertiary/aromatic N) is 2. The van der Waals surface area contributed by atoms with E-state index in [0.29, 0.717) is 25.3 Å². The molecule has 8 heteroatoms.